The zero-order valence-electron chi connectivity index (χ0n) is 21.1. The number of carboxylic acid groups (broad SMARTS) is 2. The molecule has 11 nitrogen and oxygen atoms in total. The van der Waals surface area contributed by atoms with Crippen LogP contribution in [0.3, 0.4) is 0 Å². The van der Waals surface area contributed by atoms with Crippen molar-refractivity contribution in [3.8, 4) is 22.9 Å². The molecule has 0 atom stereocenters. The van der Waals surface area contributed by atoms with Crippen molar-refractivity contribution in [1.29, 1.82) is 0 Å². The van der Waals surface area contributed by atoms with E-state index >= 15 is 0 Å². The number of hydrogen-bond acceptors (Lipinski definition) is 7. The molecule has 14 heteroatoms. The molecule has 0 saturated heterocycles. The number of carboxylic acids is 2. The lowest BCUT2D eigenvalue weighted by atomic mass is 10.0. The number of H-pyrrole nitrogens is 1. The molecule has 4 aromatic rings. The van der Waals surface area contributed by atoms with Crippen molar-refractivity contribution in [2.75, 3.05) is 14.2 Å². The van der Waals surface area contributed by atoms with Crippen LogP contribution in [0.25, 0.3) is 33.3 Å². The van der Waals surface area contributed by atoms with Crippen molar-refractivity contribution in [3.63, 3.8) is 0 Å². The molecule has 0 bridgehead atoms. The van der Waals surface area contributed by atoms with Crippen LogP contribution in [0, 0.1) is 0 Å². The number of ether oxygens (including phenoxy) is 2. The molecule has 4 aromatic heterocycles. The number of halogens is 3. The van der Waals surface area contributed by atoms with Crippen LogP contribution in [0.2, 0.25) is 0 Å². The predicted octanol–water partition coefficient (Wildman–Crippen LogP) is 3.72. The lowest BCUT2D eigenvalue weighted by Crippen LogP contribution is -2.46. The first kappa shape index (κ1) is 28.2. The van der Waals surface area contributed by atoms with E-state index < -0.39 is 23.7 Å². The largest absolute Gasteiger partial charge is 0.491 e. The highest BCUT2D eigenvalue weighted by atomic mass is 19.4. The van der Waals surface area contributed by atoms with Crippen LogP contribution in [0.4, 0.5) is 13.2 Å². The fourth-order valence-corrected chi connectivity index (χ4v) is 3.52. The summed E-state index contributed by atoms with van der Waals surface area (Å²) in [5, 5.41) is 20.5. The summed E-state index contributed by atoms with van der Waals surface area (Å²) in [5.41, 5.74) is 4.08. The van der Waals surface area contributed by atoms with Crippen LogP contribution in [-0.4, -0.2) is 67.6 Å². The van der Waals surface area contributed by atoms with Gasteiger partial charge in [0.15, 0.2) is 5.75 Å². The van der Waals surface area contributed by atoms with E-state index in [2.05, 4.69) is 20.3 Å². The van der Waals surface area contributed by atoms with Gasteiger partial charge < -0.3 is 29.2 Å². The van der Waals surface area contributed by atoms with Gasteiger partial charge in [0.2, 0.25) is 0 Å². The number of aliphatic carboxylic acids is 2. The Morgan fingerprint density at radius 2 is 1.79 bits per heavy atom. The number of alkyl halides is 3. The molecule has 0 aromatic carbocycles. The number of hydrogen-bond donors (Lipinski definition) is 4. The van der Waals surface area contributed by atoms with E-state index in [0.29, 0.717) is 18.2 Å². The summed E-state index contributed by atoms with van der Waals surface area (Å²) in [5.74, 6) is -2.68. The zero-order valence-corrected chi connectivity index (χ0v) is 21.1. The minimum atomic E-state index is -5.08. The van der Waals surface area contributed by atoms with Gasteiger partial charge in [0.25, 0.3) is 5.88 Å². The molecule has 4 rings (SSSR count). The molecule has 0 saturated carbocycles. The fraction of sp³-hybridized carbons (Fsp3) is 0.333. The number of rotatable bonds is 7. The summed E-state index contributed by atoms with van der Waals surface area (Å²) >= 11 is 0. The van der Waals surface area contributed by atoms with Crippen LogP contribution in [0.5, 0.6) is 11.6 Å². The third-order valence-electron chi connectivity index (χ3n) is 5.72. The highest BCUT2D eigenvalue weighted by Crippen LogP contribution is 2.36. The normalized spacial score (nSPS) is 11.8. The van der Waals surface area contributed by atoms with E-state index in [0.717, 1.165) is 38.9 Å². The Morgan fingerprint density at radius 3 is 2.34 bits per heavy atom. The van der Waals surface area contributed by atoms with Gasteiger partial charge in [-0.25, -0.2) is 14.8 Å². The number of pyridine rings is 2. The quantitative estimate of drug-likeness (QED) is 0.276. The van der Waals surface area contributed by atoms with E-state index in [4.69, 9.17) is 19.4 Å². The third kappa shape index (κ3) is 5.80. The smallest absolute Gasteiger partial charge is 0.490 e. The number of aromatic nitrogens is 4. The van der Waals surface area contributed by atoms with E-state index in [9.17, 15) is 23.1 Å². The van der Waals surface area contributed by atoms with E-state index in [-0.39, 0.29) is 0 Å². The molecule has 204 valence electrons. The number of aromatic amines is 1. The Hall–Kier alpha value is -4.33. The molecule has 0 unspecified atom stereocenters. The maximum absolute atomic E-state index is 11.4. The number of fused-ring (bicyclic) bond motifs is 2. The van der Waals surface area contributed by atoms with Gasteiger partial charge in [0.1, 0.15) is 16.7 Å². The van der Waals surface area contributed by atoms with Crippen molar-refractivity contribution in [3.05, 3.63) is 36.2 Å². The Bertz CT molecular complexity index is 1490. The SMILES string of the molecule is COc1cc2c(nc1OC)c(-c1cc3c(CNC(C)(C)C(=O)O)ccnc3[nH]1)cn2C.O=C(O)C(F)(F)F. The topological polar surface area (TPSA) is 152 Å². The van der Waals surface area contributed by atoms with Gasteiger partial charge in [-0.05, 0) is 31.5 Å². The van der Waals surface area contributed by atoms with Gasteiger partial charge in [0, 0.05) is 43.0 Å². The number of aryl methyl sites for hydroxylation is 1. The second-order valence-corrected chi connectivity index (χ2v) is 8.72. The maximum atomic E-state index is 11.4. The van der Waals surface area contributed by atoms with Gasteiger partial charge in [0.05, 0.1) is 25.4 Å². The van der Waals surface area contributed by atoms with Crippen LogP contribution in [-0.2, 0) is 23.2 Å². The molecule has 0 radical (unpaired) electrons. The number of nitrogens with one attached hydrogen (secondary N) is 2. The molecule has 0 aliphatic heterocycles. The van der Waals surface area contributed by atoms with Crippen LogP contribution >= 0.6 is 0 Å². The molecule has 0 amide bonds. The third-order valence-corrected chi connectivity index (χ3v) is 5.72. The second-order valence-electron chi connectivity index (χ2n) is 8.72. The lowest BCUT2D eigenvalue weighted by Gasteiger charge is -2.21. The Kier molecular flexibility index (Phi) is 7.86. The predicted molar refractivity (Wildman–Crippen MR) is 131 cm³/mol. The highest BCUT2D eigenvalue weighted by Gasteiger charge is 2.38. The summed E-state index contributed by atoms with van der Waals surface area (Å²) in [6.07, 6.45) is -1.38. The van der Waals surface area contributed by atoms with Crippen molar-refractivity contribution in [2.45, 2.75) is 32.1 Å². The first-order valence-electron chi connectivity index (χ1n) is 11.0. The van der Waals surface area contributed by atoms with Gasteiger partial charge in [-0.2, -0.15) is 13.2 Å². The monoisotopic (exact) mass is 537 g/mol. The Morgan fingerprint density at radius 1 is 1.13 bits per heavy atom. The first-order valence-corrected chi connectivity index (χ1v) is 11.0. The molecular formula is C24H26F3N5O6. The minimum absolute atomic E-state index is 0.397. The van der Waals surface area contributed by atoms with E-state index in [1.54, 1.807) is 34.3 Å². The van der Waals surface area contributed by atoms with Gasteiger partial charge >= 0.3 is 18.1 Å². The first-order chi connectivity index (χ1) is 17.7. The minimum Gasteiger partial charge on any atom is -0.491 e. The van der Waals surface area contributed by atoms with Crippen molar-refractivity contribution in [1.82, 2.24) is 24.8 Å². The molecule has 0 aliphatic rings. The molecule has 38 heavy (non-hydrogen) atoms. The number of nitrogens with zero attached hydrogens (tertiary/aromatic N) is 3. The second kappa shape index (κ2) is 10.6. The van der Waals surface area contributed by atoms with Crippen LogP contribution in [0.1, 0.15) is 19.4 Å². The van der Waals surface area contributed by atoms with Gasteiger partial charge in [-0.1, -0.05) is 0 Å². The summed E-state index contributed by atoms with van der Waals surface area (Å²) < 4.78 is 44.5. The summed E-state index contributed by atoms with van der Waals surface area (Å²) in [7, 11) is 5.09. The van der Waals surface area contributed by atoms with Crippen LogP contribution in [0.15, 0.2) is 30.6 Å². The molecule has 0 fully saturated rings. The highest BCUT2D eigenvalue weighted by molar-refractivity contribution is 5.96. The lowest BCUT2D eigenvalue weighted by molar-refractivity contribution is -0.192. The molecule has 4 heterocycles. The summed E-state index contributed by atoms with van der Waals surface area (Å²) in [6, 6.07) is 5.80. The van der Waals surface area contributed by atoms with Crippen molar-refractivity contribution in [2.24, 2.45) is 7.05 Å². The van der Waals surface area contributed by atoms with Gasteiger partial charge in [-0.15, -0.1) is 0 Å². The average Bonchev–Trinajstić information content (AvgIpc) is 3.42. The van der Waals surface area contributed by atoms with E-state index in [1.165, 1.54) is 0 Å². The van der Waals surface area contributed by atoms with Crippen LogP contribution < -0.4 is 14.8 Å². The number of carbonyl (C=O) groups is 2. The molecule has 0 spiro atoms. The maximum Gasteiger partial charge on any atom is 0.490 e. The Balaban J connectivity index is 0.000000505. The van der Waals surface area contributed by atoms with E-state index in [1.807, 2.05) is 36.0 Å². The van der Waals surface area contributed by atoms with Gasteiger partial charge in [-0.3, -0.25) is 10.1 Å². The molecular weight excluding hydrogens is 511 g/mol. The molecule has 0 aliphatic carbocycles. The summed E-state index contributed by atoms with van der Waals surface area (Å²) in [6.45, 7) is 3.67. The number of methoxy groups -OCH3 is 2. The summed E-state index contributed by atoms with van der Waals surface area (Å²) in [4.78, 5) is 32.8. The average molecular weight is 537 g/mol. The molecule has 4 N–H and O–H groups in total. The zero-order chi connectivity index (χ0) is 28.4. The van der Waals surface area contributed by atoms with Crippen molar-refractivity contribution < 1.29 is 42.4 Å². The fourth-order valence-electron chi connectivity index (χ4n) is 3.52. The standard InChI is InChI=1S/C22H25N5O4.C2HF3O2/c1-22(2,21(28)29)24-10-12-6-7-23-19-13(12)8-15(25-19)14-11-27(3)16-9-17(30-4)20(31-5)26-18(14)16;3-2(4,5)1(6)7/h6-9,11,24H,10H2,1-5H3,(H,23,25)(H,28,29);(H,6,7). The van der Waals surface area contributed by atoms with Crippen molar-refractivity contribution >= 4 is 34.0 Å². The Labute approximate surface area is 214 Å².